The molecular weight excluding hydrogens is 237 g/mol. The van der Waals surface area contributed by atoms with E-state index < -0.39 is 10.7 Å². The van der Waals surface area contributed by atoms with Gasteiger partial charge in [0, 0.05) is 13.1 Å². The molecule has 2 N–H and O–H groups in total. The lowest BCUT2D eigenvalue weighted by molar-refractivity contribution is -0.384. The number of nitro benzene ring substituents is 1. The molecular formula is C12H14FN3O2. The smallest absolute Gasteiger partial charge is 0.295 e. The molecule has 0 radical (unpaired) electrons. The van der Waals surface area contributed by atoms with Gasteiger partial charge in [0.25, 0.3) is 5.69 Å². The van der Waals surface area contributed by atoms with Crippen molar-refractivity contribution in [3.63, 3.8) is 0 Å². The summed E-state index contributed by atoms with van der Waals surface area (Å²) in [6, 6.07) is 3.54. The van der Waals surface area contributed by atoms with Crippen molar-refractivity contribution < 1.29 is 9.31 Å². The summed E-state index contributed by atoms with van der Waals surface area (Å²) in [5.74, 6) is -0.603. The quantitative estimate of drug-likeness (QED) is 0.488. The second-order valence-corrected chi connectivity index (χ2v) is 4.09. The Bertz CT molecular complexity index is 488. The molecule has 1 heterocycles. The van der Waals surface area contributed by atoms with E-state index in [1.54, 1.807) is 0 Å². The molecule has 5 nitrogen and oxygen atoms in total. The van der Waals surface area contributed by atoms with Crippen molar-refractivity contribution in [1.29, 1.82) is 0 Å². The van der Waals surface area contributed by atoms with Crippen molar-refractivity contribution in [1.82, 2.24) is 5.32 Å². The van der Waals surface area contributed by atoms with Gasteiger partial charge in [-0.15, -0.1) is 0 Å². The number of hydrogen-bond donors (Lipinski definition) is 2. The molecule has 96 valence electrons. The minimum Gasteiger partial charge on any atom is -0.376 e. The van der Waals surface area contributed by atoms with Crippen LogP contribution in [0.15, 0.2) is 29.8 Å². The van der Waals surface area contributed by atoms with Crippen LogP contribution >= 0.6 is 0 Å². The highest BCUT2D eigenvalue weighted by Crippen LogP contribution is 2.25. The van der Waals surface area contributed by atoms with Crippen LogP contribution in [-0.2, 0) is 0 Å². The number of nitrogens with zero attached hydrogens (tertiary/aromatic N) is 1. The first-order valence-corrected chi connectivity index (χ1v) is 5.73. The highest BCUT2D eigenvalue weighted by Gasteiger charge is 2.15. The first-order valence-electron chi connectivity index (χ1n) is 5.73. The molecule has 0 spiro atoms. The predicted molar refractivity (Wildman–Crippen MR) is 67.1 cm³/mol. The maximum absolute atomic E-state index is 13.0. The van der Waals surface area contributed by atoms with Crippen LogP contribution in [0.4, 0.5) is 15.8 Å². The zero-order chi connectivity index (χ0) is 13.0. The van der Waals surface area contributed by atoms with Crippen LogP contribution in [0, 0.1) is 15.9 Å². The van der Waals surface area contributed by atoms with E-state index in [0.717, 1.165) is 25.6 Å². The van der Waals surface area contributed by atoms with Crippen molar-refractivity contribution in [2.75, 3.05) is 25.0 Å². The van der Waals surface area contributed by atoms with Gasteiger partial charge in [0.15, 0.2) is 0 Å². The van der Waals surface area contributed by atoms with Gasteiger partial charge in [-0.2, -0.15) is 0 Å². The maximum atomic E-state index is 13.0. The molecule has 0 amide bonds. The topological polar surface area (TPSA) is 67.2 Å². The highest BCUT2D eigenvalue weighted by atomic mass is 19.1. The number of halogens is 1. The Kier molecular flexibility index (Phi) is 3.88. The van der Waals surface area contributed by atoms with Crippen molar-refractivity contribution in [2.45, 2.75) is 6.42 Å². The van der Waals surface area contributed by atoms with Crippen LogP contribution < -0.4 is 10.6 Å². The van der Waals surface area contributed by atoms with Gasteiger partial charge >= 0.3 is 0 Å². The van der Waals surface area contributed by atoms with Gasteiger partial charge in [-0.3, -0.25) is 10.1 Å². The SMILES string of the molecule is O=[N+]([O-])c1cc(F)ccc1NCC1=CCNCC1. The lowest BCUT2D eigenvalue weighted by atomic mass is 10.1. The van der Waals surface area contributed by atoms with Crippen molar-refractivity contribution >= 4 is 11.4 Å². The molecule has 0 saturated carbocycles. The van der Waals surface area contributed by atoms with E-state index in [1.165, 1.54) is 17.7 Å². The average Bonchev–Trinajstić information content (AvgIpc) is 2.38. The Morgan fingerprint density at radius 1 is 1.50 bits per heavy atom. The fraction of sp³-hybridized carbons (Fsp3) is 0.333. The summed E-state index contributed by atoms with van der Waals surface area (Å²) in [5, 5.41) is 17.0. The third-order valence-corrected chi connectivity index (χ3v) is 2.82. The maximum Gasteiger partial charge on any atom is 0.295 e. The number of rotatable bonds is 4. The van der Waals surface area contributed by atoms with Gasteiger partial charge in [0.05, 0.1) is 11.0 Å². The van der Waals surface area contributed by atoms with Crippen LogP contribution in [0.25, 0.3) is 0 Å². The van der Waals surface area contributed by atoms with Crippen LogP contribution in [-0.4, -0.2) is 24.6 Å². The summed E-state index contributed by atoms with van der Waals surface area (Å²) in [7, 11) is 0. The minimum absolute atomic E-state index is 0.232. The number of hydrogen-bond acceptors (Lipinski definition) is 4. The summed E-state index contributed by atoms with van der Waals surface area (Å²) in [6.45, 7) is 2.29. The number of anilines is 1. The standard InChI is InChI=1S/C12H14FN3O2/c13-10-1-2-11(12(7-10)16(17)18)15-8-9-3-5-14-6-4-9/h1-3,7,14-15H,4-6,8H2. The average molecular weight is 251 g/mol. The molecule has 1 aromatic carbocycles. The summed E-state index contributed by atoms with van der Waals surface area (Å²) in [4.78, 5) is 10.2. The Balaban J connectivity index is 2.08. The molecule has 0 fully saturated rings. The van der Waals surface area contributed by atoms with E-state index in [1.807, 2.05) is 0 Å². The highest BCUT2D eigenvalue weighted by molar-refractivity contribution is 5.61. The van der Waals surface area contributed by atoms with Gasteiger partial charge in [0.1, 0.15) is 11.5 Å². The summed E-state index contributed by atoms with van der Waals surface area (Å²) in [5.41, 5.74) is 1.32. The molecule has 2 rings (SSSR count). The number of nitro groups is 1. The second kappa shape index (κ2) is 5.59. The lowest BCUT2D eigenvalue weighted by Gasteiger charge is -2.15. The van der Waals surface area contributed by atoms with E-state index in [-0.39, 0.29) is 5.69 Å². The Hall–Kier alpha value is -1.95. The zero-order valence-electron chi connectivity index (χ0n) is 9.78. The van der Waals surface area contributed by atoms with Crippen LogP contribution in [0.2, 0.25) is 0 Å². The first-order chi connectivity index (χ1) is 8.66. The normalized spacial score (nSPS) is 15.1. The second-order valence-electron chi connectivity index (χ2n) is 4.09. The fourth-order valence-corrected chi connectivity index (χ4v) is 1.84. The third-order valence-electron chi connectivity index (χ3n) is 2.82. The minimum atomic E-state index is -0.603. The van der Waals surface area contributed by atoms with Crippen LogP contribution in [0.1, 0.15) is 6.42 Å². The zero-order valence-corrected chi connectivity index (χ0v) is 9.78. The predicted octanol–water partition coefficient (Wildman–Crippen LogP) is 2.07. The molecule has 1 aliphatic heterocycles. The molecule has 0 bridgehead atoms. The van der Waals surface area contributed by atoms with E-state index in [2.05, 4.69) is 16.7 Å². The summed E-state index contributed by atoms with van der Waals surface area (Å²) >= 11 is 0. The van der Waals surface area contributed by atoms with Gasteiger partial charge < -0.3 is 10.6 Å². The monoisotopic (exact) mass is 251 g/mol. The number of nitrogens with one attached hydrogen (secondary N) is 2. The molecule has 0 unspecified atom stereocenters. The largest absolute Gasteiger partial charge is 0.376 e. The van der Waals surface area contributed by atoms with Gasteiger partial charge in [-0.1, -0.05) is 11.6 Å². The first kappa shape index (κ1) is 12.5. The van der Waals surface area contributed by atoms with Crippen molar-refractivity contribution in [2.24, 2.45) is 0 Å². The molecule has 18 heavy (non-hydrogen) atoms. The van der Waals surface area contributed by atoms with Gasteiger partial charge in [-0.05, 0) is 25.1 Å². The molecule has 0 aliphatic carbocycles. The molecule has 1 aromatic rings. The fourth-order valence-electron chi connectivity index (χ4n) is 1.84. The summed E-state index contributed by atoms with van der Waals surface area (Å²) in [6.07, 6.45) is 2.98. The van der Waals surface area contributed by atoms with E-state index in [4.69, 9.17) is 0 Å². The van der Waals surface area contributed by atoms with Crippen LogP contribution in [0.3, 0.4) is 0 Å². The molecule has 1 aliphatic rings. The van der Waals surface area contributed by atoms with E-state index >= 15 is 0 Å². The Labute approximate surface area is 104 Å². The molecule has 0 aromatic heterocycles. The van der Waals surface area contributed by atoms with Crippen molar-refractivity contribution in [3.8, 4) is 0 Å². The van der Waals surface area contributed by atoms with Gasteiger partial charge in [-0.25, -0.2) is 4.39 Å². The number of benzene rings is 1. The lowest BCUT2D eigenvalue weighted by Crippen LogP contribution is -2.23. The van der Waals surface area contributed by atoms with E-state index in [0.29, 0.717) is 12.2 Å². The summed E-state index contributed by atoms with van der Waals surface area (Å²) < 4.78 is 13.0. The Morgan fingerprint density at radius 2 is 2.33 bits per heavy atom. The van der Waals surface area contributed by atoms with Crippen molar-refractivity contribution in [3.05, 3.63) is 45.8 Å². The molecule has 6 heteroatoms. The molecule has 0 atom stereocenters. The Morgan fingerprint density at radius 3 is 3.00 bits per heavy atom. The van der Waals surface area contributed by atoms with E-state index in [9.17, 15) is 14.5 Å². The van der Waals surface area contributed by atoms with Crippen LogP contribution in [0.5, 0.6) is 0 Å². The molecule has 0 saturated heterocycles. The third kappa shape index (κ3) is 3.04. The van der Waals surface area contributed by atoms with Gasteiger partial charge in [0.2, 0.25) is 0 Å².